The fourth-order valence-electron chi connectivity index (χ4n) is 5.06. The highest BCUT2D eigenvalue weighted by Crippen LogP contribution is 2.47. The van der Waals surface area contributed by atoms with Gasteiger partial charge in [-0.25, -0.2) is 4.79 Å². The van der Waals surface area contributed by atoms with Gasteiger partial charge in [0.25, 0.3) is 0 Å². The van der Waals surface area contributed by atoms with E-state index >= 15 is 0 Å². The number of likely N-dealkylation sites (tertiary alicyclic amines) is 1. The number of carbonyl (C=O) groups is 1. The lowest BCUT2D eigenvalue weighted by molar-refractivity contribution is 0.000896. The highest BCUT2D eigenvalue weighted by Gasteiger charge is 2.54. The quantitative estimate of drug-likeness (QED) is 0.835. The zero-order valence-corrected chi connectivity index (χ0v) is 14.8. The monoisotopic (exact) mass is 329 g/mol. The van der Waals surface area contributed by atoms with Crippen LogP contribution in [0.25, 0.3) is 0 Å². The van der Waals surface area contributed by atoms with Crippen LogP contribution in [0.3, 0.4) is 0 Å². The molecule has 3 atom stereocenters. The summed E-state index contributed by atoms with van der Waals surface area (Å²) in [5, 5.41) is 0. The fourth-order valence-corrected chi connectivity index (χ4v) is 5.06. The van der Waals surface area contributed by atoms with E-state index < -0.39 is 0 Å². The van der Waals surface area contributed by atoms with E-state index in [9.17, 15) is 4.79 Å². The van der Waals surface area contributed by atoms with Gasteiger partial charge in [0.15, 0.2) is 0 Å². The Kier molecular flexibility index (Phi) is 3.91. The Bertz CT molecular complexity index is 625. The first-order valence-corrected chi connectivity index (χ1v) is 8.96. The zero-order chi connectivity index (χ0) is 16.8. The molecule has 0 aromatic heterocycles. The third-order valence-electron chi connectivity index (χ3n) is 6.14. The van der Waals surface area contributed by atoms with E-state index in [4.69, 9.17) is 4.74 Å². The van der Waals surface area contributed by atoms with E-state index in [1.165, 1.54) is 31.5 Å². The second-order valence-electron chi connectivity index (χ2n) is 7.57. The largest absolute Gasteiger partial charge is 0.497 e. The number of methoxy groups -OCH3 is 1. The molecular formula is C19H27N3O2. The Morgan fingerprint density at radius 1 is 1.21 bits per heavy atom. The second kappa shape index (κ2) is 5.96. The molecule has 0 radical (unpaired) electrons. The molecule has 4 aliphatic heterocycles. The van der Waals surface area contributed by atoms with Crippen LogP contribution in [0.1, 0.15) is 24.3 Å². The number of rotatable bonds is 2. The van der Waals surface area contributed by atoms with Crippen LogP contribution in [0, 0.1) is 5.92 Å². The zero-order valence-electron chi connectivity index (χ0n) is 14.8. The number of carbonyl (C=O) groups excluding carboxylic acids is 1. The molecule has 5 nitrogen and oxygen atoms in total. The van der Waals surface area contributed by atoms with Gasteiger partial charge in [-0.2, -0.15) is 0 Å². The Morgan fingerprint density at radius 2 is 1.96 bits per heavy atom. The average molecular weight is 329 g/mol. The maximum absolute atomic E-state index is 12.8. The summed E-state index contributed by atoms with van der Waals surface area (Å²) in [5.74, 6) is 1.93. The maximum atomic E-state index is 12.8. The van der Waals surface area contributed by atoms with E-state index in [0.717, 1.165) is 12.3 Å². The third-order valence-corrected chi connectivity index (χ3v) is 6.14. The van der Waals surface area contributed by atoms with Gasteiger partial charge in [-0.1, -0.05) is 12.1 Å². The van der Waals surface area contributed by atoms with Crippen molar-refractivity contribution in [2.75, 3.05) is 40.8 Å². The lowest BCUT2D eigenvalue weighted by Crippen LogP contribution is -2.61. The highest BCUT2D eigenvalue weighted by atomic mass is 16.5. The maximum Gasteiger partial charge on any atom is 0.319 e. The number of fused-ring (bicyclic) bond motifs is 2. The molecule has 2 amide bonds. The molecule has 1 aromatic carbocycles. The van der Waals surface area contributed by atoms with Gasteiger partial charge in [0.05, 0.1) is 13.2 Å². The number of hydrogen-bond donors (Lipinski definition) is 0. The smallest absolute Gasteiger partial charge is 0.319 e. The molecule has 1 aromatic rings. The number of nitrogens with zero attached hydrogens (tertiary/aromatic N) is 3. The number of amides is 2. The van der Waals surface area contributed by atoms with Crippen LogP contribution in [0.15, 0.2) is 24.3 Å². The molecule has 4 heterocycles. The van der Waals surface area contributed by atoms with Gasteiger partial charge in [-0.05, 0) is 49.5 Å². The normalized spacial score (nSPS) is 34.1. The molecule has 24 heavy (non-hydrogen) atoms. The van der Waals surface area contributed by atoms with Crippen LogP contribution in [0.5, 0.6) is 5.75 Å². The Labute approximate surface area is 144 Å². The number of ether oxygens (including phenoxy) is 1. The highest BCUT2D eigenvalue weighted by molar-refractivity contribution is 5.75. The van der Waals surface area contributed by atoms with E-state index in [1.807, 2.05) is 20.2 Å². The summed E-state index contributed by atoms with van der Waals surface area (Å²) in [5.41, 5.74) is 1.30. The van der Waals surface area contributed by atoms with Crippen molar-refractivity contribution in [1.82, 2.24) is 14.7 Å². The Morgan fingerprint density at radius 3 is 2.62 bits per heavy atom. The minimum Gasteiger partial charge on any atom is -0.497 e. The summed E-state index contributed by atoms with van der Waals surface area (Å²) in [4.78, 5) is 19.3. The molecule has 0 aliphatic carbocycles. The number of hydrogen-bond acceptors (Lipinski definition) is 3. The first-order chi connectivity index (χ1) is 11.6. The Hall–Kier alpha value is -1.75. The molecule has 5 rings (SSSR count). The van der Waals surface area contributed by atoms with Crippen molar-refractivity contribution in [3.8, 4) is 5.75 Å². The van der Waals surface area contributed by atoms with Gasteiger partial charge in [0.1, 0.15) is 5.75 Å². The van der Waals surface area contributed by atoms with Crippen molar-refractivity contribution < 1.29 is 9.53 Å². The van der Waals surface area contributed by atoms with Crippen LogP contribution in [0.4, 0.5) is 4.79 Å². The molecule has 0 N–H and O–H groups in total. The van der Waals surface area contributed by atoms with Crippen molar-refractivity contribution in [2.45, 2.75) is 30.8 Å². The average Bonchev–Trinajstić information content (AvgIpc) is 3.04. The van der Waals surface area contributed by atoms with Gasteiger partial charge in [0, 0.05) is 32.6 Å². The minimum absolute atomic E-state index is 0.157. The van der Waals surface area contributed by atoms with E-state index in [1.54, 1.807) is 12.0 Å². The molecule has 0 spiro atoms. The van der Waals surface area contributed by atoms with Crippen molar-refractivity contribution >= 4 is 6.03 Å². The number of benzene rings is 1. The van der Waals surface area contributed by atoms with E-state index in [2.05, 4.69) is 28.0 Å². The van der Waals surface area contributed by atoms with Gasteiger partial charge >= 0.3 is 6.03 Å². The minimum atomic E-state index is 0.157. The molecule has 2 bridgehead atoms. The number of urea groups is 1. The van der Waals surface area contributed by atoms with Crippen LogP contribution in [-0.4, -0.2) is 73.7 Å². The molecule has 0 unspecified atom stereocenters. The fraction of sp³-hybridized carbons (Fsp3) is 0.632. The summed E-state index contributed by atoms with van der Waals surface area (Å²) < 4.78 is 5.42. The van der Waals surface area contributed by atoms with Crippen LogP contribution in [0.2, 0.25) is 0 Å². The molecule has 4 aliphatic rings. The third kappa shape index (κ3) is 2.37. The Balaban J connectivity index is 1.71. The summed E-state index contributed by atoms with van der Waals surface area (Å²) >= 11 is 0. The van der Waals surface area contributed by atoms with Crippen LogP contribution < -0.4 is 4.74 Å². The predicted molar refractivity (Wildman–Crippen MR) is 93.4 cm³/mol. The van der Waals surface area contributed by atoms with Gasteiger partial charge in [0.2, 0.25) is 0 Å². The topological polar surface area (TPSA) is 36.0 Å². The predicted octanol–water partition coefficient (Wildman–Crippen LogP) is 2.24. The molecule has 5 heteroatoms. The summed E-state index contributed by atoms with van der Waals surface area (Å²) in [6.07, 6.45) is 2.45. The first kappa shape index (κ1) is 15.8. The number of piperidine rings is 3. The van der Waals surface area contributed by atoms with Crippen LogP contribution in [-0.2, 0) is 0 Å². The van der Waals surface area contributed by atoms with E-state index in [0.29, 0.717) is 23.9 Å². The molecule has 4 saturated heterocycles. The van der Waals surface area contributed by atoms with Gasteiger partial charge in [-0.15, -0.1) is 0 Å². The summed E-state index contributed by atoms with van der Waals surface area (Å²) in [7, 11) is 5.43. The van der Waals surface area contributed by atoms with Crippen molar-refractivity contribution in [3.05, 3.63) is 29.8 Å². The van der Waals surface area contributed by atoms with Gasteiger partial charge in [-0.3, -0.25) is 4.90 Å². The first-order valence-electron chi connectivity index (χ1n) is 8.96. The van der Waals surface area contributed by atoms with Crippen molar-refractivity contribution in [3.63, 3.8) is 0 Å². The van der Waals surface area contributed by atoms with E-state index in [-0.39, 0.29) is 6.03 Å². The van der Waals surface area contributed by atoms with Crippen LogP contribution >= 0.6 is 0 Å². The molecule has 4 fully saturated rings. The lowest BCUT2D eigenvalue weighted by Gasteiger charge is -2.51. The molecule has 0 saturated carbocycles. The lowest BCUT2D eigenvalue weighted by atomic mass is 9.75. The second-order valence-corrected chi connectivity index (χ2v) is 7.57. The summed E-state index contributed by atoms with van der Waals surface area (Å²) in [6.45, 7) is 3.17. The standard InChI is InChI=1S/C19H27N3O2/c1-20(2)19(23)22-12-16(14-5-4-6-15(11-14)24-3)18-17(22)13-7-9-21(18)10-8-13/h4-6,11,13,16-18H,7-10,12H2,1-3H3/t16-,17-,18-/m1/s1. The van der Waals surface area contributed by atoms with Gasteiger partial charge < -0.3 is 14.5 Å². The van der Waals surface area contributed by atoms with Crippen molar-refractivity contribution in [2.24, 2.45) is 5.92 Å². The van der Waals surface area contributed by atoms with Crippen molar-refractivity contribution in [1.29, 1.82) is 0 Å². The summed E-state index contributed by atoms with van der Waals surface area (Å²) in [6, 6.07) is 9.37. The molecule has 130 valence electrons. The SMILES string of the molecule is COc1cccc([C@H]2CN(C(=O)N(C)C)[C@@H]3C4CCN(CC4)[C@H]23)c1. The molecular weight excluding hydrogens is 302 g/mol.